The zero-order chi connectivity index (χ0) is 13.1. The molecule has 2 heterocycles. The van der Waals surface area contributed by atoms with E-state index in [1.807, 2.05) is 0 Å². The molecule has 0 saturated carbocycles. The molecule has 0 saturated heterocycles. The smallest absolute Gasteiger partial charge is 0.348 e. The number of carbonyl (C=O) groups is 2. The molecule has 0 aliphatic heterocycles. The first-order valence-corrected chi connectivity index (χ1v) is 5.89. The summed E-state index contributed by atoms with van der Waals surface area (Å²) in [5, 5.41) is 17.0. The Labute approximate surface area is 106 Å². The lowest BCUT2D eigenvalue weighted by Gasteiger charge is -2.06. The Bertz CT molecular complexity index is 576. The van der Waals surface area contributed by atoms with Crippen molar-refractivity contribution >= 4 is 28.9 Å². The van der Waals surface area contributed by atoms with Crippen LogP contribution in [0.4, 0.5) is 5.69 Å². The van der Waals surface area contributed by atoms with E-state index >= 15 is 0 Å². The number of carboxylic acid groups (broad SMARTS) is 1. The van der Waals surface area contributed by atoms with Gasteiger partial charge in [0.25, 0.3) is 0 Å². The predicted molar refractivity (Wildman–Crippen MR) is 64.7 cm³/mol. The number of nitrogens with zero attached hydrogens (tertiary/aromatic N) is 3. The fraction of sp³-hybridized carbons (Fsp3) is 0.200. The Kier molecular flexibility index (Phi) is 3.38. The van der Waals surface area contributed by atoms with Crippen molar-refractivity contribution in [2.24, 2.45) is 0 Å². The molecule has 0 fully saturated rings. The summed E-state index contributed by atoms with van der Waals surface area (Å²) in [4.78, 5) is 26.5. The highest BCUT2D eigenvalue weighted by Crippen LogP contribution is 2.27. The van der Waals surface area contributed by atoms with Crippen LogP contribution in [0.5, 0.6) is 0 Å². The zero-order valence-corrected chi connectivity index (χ0v) is 10.3. The van der Waals surface area contributed by atoms with Crippen molar-refractivity contribution in [3.8, 4) is 0 Å². The summed E-state index contributed by atoms with van der Waals surface area (Å²) in [5.74, 6) is -1.39. The molecule has 0 bridgehead atoms. The second-order valence-corrected chi connectivity index (χ2v) is 4.45. The molecule has 0 aliphatic carbocycles. The second kappa shape index (κ2) is 4.96. The lowest BCUT2D eigenvalue weighted by atomic mass is 10.2. The Morgan fingerprint density at radius 1 is 1.56 bits per heavy atom. The van der Waals surface area contributed by atoms with Gasteiger partial charge in [-0.3, -0.25) is 4.79 Å². The Morgan fingerprint density at radius 2 is 2.33 bits per heavy atom. The van der Waals surface area contributed by atoms with E-state index in [1.54, 1.807) is 12.3 Å². The van der Waals surface area contributed by atoms with Crippen molar-refractivity contribution in [1.29, 1.82) is 0 Å². The van der Waals surface area contributed by atoms with Gasteiger partial charge >= 0.3 is 5.97 Å². The lowest BCUT2D eigenvalue weighted by molar-refractivity contribution is -0.116. The van der Waals surface area contributed by atoms with Crippen LogP contribution in [0.15, 0.2) is 18.0 Å². The largest absolute Gasteiger partial charge is 0.477 e. The molecule has 8 heteroatoms. The number of amides is 1. The van der Waals surface area contributed by atoms with Crippen LogP contribution < -0.4 is 5.32 Å². The molecule has 0 aromatic carbocycles. The van der Waals surface area contributed by atoms with Crippen molar-refractivity contribution in [3.63, 3.8) is 0 Å². The number of aryl methyl sites for hydroxylation is 1. The van der Waals surface area contributed by atoms with Gasteiger partial charge in [0.2, 0.25) is 5.91 Å². The number of aromatic carboxylic acids is 1. The number of hydrogen-bond acceptors (Lipinski definition) is 5. The minimum Gasteiger partial charge on any atom is -0.477 e. The summed E-state index contributed by atoms with van der Waals surface area (Å²) in [6, 6.07) is 0. The number of aromatic nitrogens is 3. The molecule has 0 atom stereocenters. The quantitative estimate of drug-likeness (QED) is 0.860. The minimum atomic E-state index is -1.05. The monoisotopic (exact) mass is 266 g/mol. The van der Waals surface area contributed by atoms with Gasteiger partial charge in [-0.1, -0.05) is 0 Å². The van der Waals surface area contributed by atoms with Crippen LogP contribution in [0.1, 0.15) is 15.2 Å². The third kappa shape index (κ3) is 2.54. The Hall–Kier alpha value is -2.22. The highest BCUT2D eigenvalue weighted by Gasteiger charge is 2.17. The van der Waals surface area contributed by atoms with Crippen molar-refractivity contribution in [2.45, 2.75) is 13.5 Å². The molecule has 94 valence electrons. The fourth-order valence-corrected chi connectivity index (χ4v) is 2.24. The van der Waals surface area contributed by atoms with Crippen LogP contribution in [0.2, 0.25) is 0 Å². The number of nitrogens with one attached hydrogen (secondary N) is 1. The summed E-state index contributed by atoms with van der Waals surface area (Å²) in [7, 11) is 0. The van der Waals surface area contributed by atoms with Crippen LogP contribution in [0.3, 0.4) is 0 Å². The number of thiophene rings is 1. The molecule has 0 radical (unpaired) electrons. The molecule has 0 unspecified atom stereocenters. The highest BCUT2D eigenvalue weighted by molar-refractivity contribution is 7.12. The van der Waals surface area contributed by atoms with E-state index < -0.39 is 5.97 Å². The van der Waals surface area contributed by atoms with Gasteiger partial charge in [-0.2, -0.15) is 5.10 Å². The van der Waals surface area contributed by atoms with Gasteiger partial charge in [0.1, 0.15) is 24.1 Å². The van der Waals surface area contributed by atoms with Gasteiger partial charge < -0.3 is 10.4 Å². The first kappa shape index (κ1) is 12.2. The summed E-state index contributed by atoms with van der Waals surface area (Å²) in [6.07, 6.45) is 2.74. The van der Waals surface area contributed by atoms with Crippen LogP contribution in [-0.4, -0.2) is 31.7 Å². The molecule has 0 spiro atoms. The number of anilines is 1. The first-order chi connectivity index (χ1) is 8.58. The van der Waals surface area contributed by atoms with Crippen LogP contribution >= 0.6 is 11.3 Å². The summed E-state index contributed by atoms with van der Waals surface area (Å²) in [6.45, 7) is 1.74. The van der Waals surface area contributed by atoms with Crippen LogP contribution in [-0.2, 0) is 11.3 Å². The average Bonchev–Trinajstić information content (AvgIpc) is 2.90. The van der Waals surface area contributed by atoms with Crippen molar-refractivity contribution in [1.82, 2.24) is 14.8 Å². The van der Waals surface area contributed by atoms with Crippen molar-refractivity contribution in [2.75, 3.05) is 5.32 Å². The SMILES string of the molecule is Cc1csc(C(=O)O)c1NC(=O)Cn1cncn1. The van der Waals surface area contributed by atoms with E-state index in [4.69, 9.17) is 5.11 Å². The van der Waals surface area contributed by atoms with Gasteiger partial charge in [-0.15, -0.1) is 11.3 Å². The maximum absolute atomic E-state index is 11.7. The van der Waals surface area contributed by atoms with Gasteiger partial charge in [-0.25, -0.2) is 14.5 Å². The molecule has 2 aromatic heterocycles. The van der Waals surface area contributed by atoms with Crippen molar-refractivity contribution in [3.05, 3.63) is 28.5 Å². The van der Waals surface area contributed by atoms with E-state index in [1.165, 1.54) is 17.3 Å². The van der Waals surface area contributed by atoms with Gasteiger partial charge in [-0.05, 0) is 17.9 Å². The molecular formula is C10H10N4O3S. The van der Waals surface area contributed by atoms with E-state index in [0.29, 0.717) is 5.69 Å². The highest BCUT2D eigenvalue weighted by atomic mass is 32.1. The number of rotatable bonds is 4. The minimum absolute atomic E-state index is 0.00561. The van der Waals surface area contributed by atoms with Gasteiger partial charge in [0.05, 0.1) is 5.69 Å². The van der Waals surface area contributed by atoms with E-state index in [-0.39, 0.29) is 17.3 Å². The fourth-order valence-electron chi connectivity index (χ4n) is 1.40. The Balaban J connectivity index is 2.11. The molecule has 7 nitrogen and oxygen atoms in total. The second-order valence-electron chi connectivity index (χ2n) is 3.57. The van der Waals surface area contributed by atoms with Crippen LogP contribution in [0, 0.1) is 6.92 Å². The van der Waals surface area contributed by atoms with E-state index in [0.717, 1.165) is 16.9 Å². The number of carbonyl (C=O) groups excluding carboxylic acids is 1. The molecule has 2 rings (SSSR count). The predicted octanol–water partition coefficient (Wildman–Crippen LogP) is 0.985. The van der Waals surface area contributed by atoms with E-state index in [9.17, 15) is 9.59 Å². The molecule has 2 N–H and O–H groups in total. The third-order valence-electron chi connectivity index (χ3n) is 2.21. The average molecular weight is 266 g/mol. The molecule has 2 aromatic rings. The molecular weight excluding hydrogens is 256 g/mol. The zero-order valence-electron chi connectivity index (χ0n) is 9.45. The summed E-state index contributed by atoms with van der Waals surface area (Å²) in [5.41, 5.74) is 1.07. The number of carboxylic acids is 1. The molecule has 0 aliphatic rings. The lowest BCUT2D eigenvalue weighted by Crippen LogP contribution is -2.20. The third-order valence-corrected chi connectivity index (χ3v) is 3.29. The summed E-state index contributed by atoms with van der Waals surface area (Å²) < 4.78 is 1.36. The van der Waals surface area contributed by atoms with Crippen LogP contribution in [0.25, 0.3) is 0 Å². The molecule has 18 heavy (non-hydrogen) atoms. The maximum Gasteiger partial charge on any atom is 0.348 e. The van der Waals surface area contributed by atoms with Crippen molar-refractivity contribution < 1.29 is 14.7 Å². The normalized spacial score (nSPS) is 10.3. The first-order valence-electron chi connectivity index (χ1n) is 5.01. The number of hydrogen-bond donors (Lipinski definition) is 2. The van der Waals surface area contributed by atoms with E-state index in [2.05, 4.69) is 15.4 Å². The summed E-state index contributed by atoms with van der Waals surface area (Å²) >= 11 is 1.09. The van der Waals surface area contributed by atoms with Gasteiger partial charge in [0, 0.05) is 0 Å². The Morgan fingerprint density at radius 3 is 2.94 bits per heavy atom. The van der Waals surface area contributed by atoms with Gasteiger partial charge in [0.15, 0.2) is 0 Å². The topological polar surface area (TPSA) is 97.1 Å². The molecule has 1 amide bonds. The standard InChI is InChI=1S/C10H10N4O3S/c1-6-3-18-9(10(16)17)8(6)13-7(15)2-14-5-11-4-12-14/h3-5H,2H2,1H3,(H,13,15)(H,16,17). The maximum atomic E-state index is 11.7.